The van der Waals surface area contributed by atoms with E-state index in [0.717, 1.165) is 5.57 Å². The fraction of sp³-hybridized carbons (Fsp3) is 0.385. The lowest BCUT2D eigenvalue weighted by Gasteiger charge is -2.34. The van der Waals surface area contributed by atoms with Crippen LogP contribution >= 0.6 is 15.2 Å². The highest BCUT2D eigenvalue weighted by Crippen LogP contribution is 2.71. The van der Waals surface area contributed by atoms with Gasteiger partial charge in [-0.3, -0.25) is 9.13 Å². The summed E-state index contributed by atoms with van der Waals surface area (Å²) in [4.78, 5) is 36.1. The molecule has 6 nitrogen and oxygen atoms in total. The predicted octanol–water partition coefficient (Wildman–Crippen LogP) is 2.64. The summed E-state index contributed by atoms with van der Waals surface area (Å²) in [6.07, 6.45) is 0.659. The van der Waals surface area contributed by atoms with Crippen LogP contribution in [0.4, 0.5) is 0 Å². The van der Waals surface area contributed by atoms with Crippen molar-refractivity contribution in [1.82, 2.24) is 0 Å². The quantitative estimate of drug-likeness (QED) is 0.470. The molecule has 0 heterocycles. The highest BCUT2D eigenvalue weighted by atomic mass is 31.2. The minimum atomic E-state index is -5.06. The first-order valence-electron chi connectivity index (χ1n) is 6.28. The molecule has 0 radical (unpaired) electrons. The van der Waals surface area contributed by atoms with E-state index in [1.165, 1.54) is 6.08 Å². The summed E-state index contributed by atoms with van der Waals surface area (Å²) in [6, 6.07) is 8.20. The molecule has 1 aromatic carbocycles. The van der Waals surface area contributed by atoms with E-state index >= 15 is 0 Å². The fourth-order valence-electron chi connectivity index (χ4n) is 1.98. The first kappa shape index (κ1) is 18.3. The predicted molar refractivity (Wildman–Crippen MR) is 81.0 cm³/mol. The molecule has 1 rings (SSSR count). The molecule has 4 N–H and O–H groups in total. The lowest BCUT2D eigenvalue weighted by Crippen LogP contribution is -2.31. The van der Waals surface area contributed by atoms with Crippen molar-refractivity contribution in [3.05, 3.63) is 47.5 Å². The van der Waals surface area contributed by atoms with Crippen molar-refractivity contribution in [2.45, 2.75) is 31.6 Å². The first-order chi connectivity index (χ1) is 9.49. The van der Waals surface area contributed by atoms with Gasteiger partial charge in [-0.1, -0.05) is 42.0 Å². The Morgan fingerprint density at radius 1 is 1.05 bits per heavy atom. The van der Waals surface area contributed by atoms with Gasteiger partial charge < -0.3 is 19.6 Å². The Balaban J connectivity index is 3.41. The summed E-state index contributed by atoms with van der Waals surface area (Å²) in [7, 11) is -10.1. The zero-order valence-electron chi connectivity index (χ0n) is 11.9. The van der Waals surface area contributed by atoms with Gasteiger partial charge in [-0.05, 0) is 25.8 Å². The number of hydrogen-bond acceptors (Lipinski definition) is 2. The maximum atomic E-state index is 11.9. The fourth-order valence-corrected chi connectivity index (χ4v) is 4.77. The average molecular weight is 334 g/mol. The summed E-state index contributed by atoms with van der Waals surface area (Å²) >= 11 is 0. The number of hydrogen-bond donors (Lipinski definition) is 4. The van der Waals surface area contributed by atoms with Crippen molar-refractivity contribution in [2.75, 3.05) is 0 Å². The second kappa shape index (κ2) is 6.57. The Morgan fingerprint density at radius 3 is 1.90 bits per heavy atom. The second-order valence-corrected chi connectivity index (χ2v) is 9.46. The standard InChI is InChI=1S/C13H20O6P2/c1-11(2)8-9-13(20(14,15)16,21(17,18)19)10-12-6-4-3-5-7-12/h3-8H,9-10H2,1-2H3,(H2,14,15,16)(H2,17,18,19). The molecule has 0 aliphatic rings. The van der Waals surface area contributed by atoms with Crippen molar-refractivity contribution < 1.29 is 28.7 Å². The van der Waals surface area contributed by atoms with Gasteiger partial charge >= 0.3 is 15.2 Å². The van der Waals surface area contributed by atoms with Crippen LogP contribution in [-0.4, -0.2) is 24.5 Å². The van der Waals surface area contributed by atoms with Crippen LogP contribution in [0.2, 0.25) is 0 Å². The van der Waals surface area contributed by atoms with Crippen LogP contribution in [0, 0.1) is 0 Å². The van der Waals surface area contributed by atoms with Crippen LogP contribution in [0.3, 0.4) is 0 Å². The number of rotatable bonds is 6. The molecule has 8 heteroatoms. The third kappa shape index (κ3) is 4.36. The molecule has 0 unspecified atom stereocenters. The van der Waals surface area contributed by atoms with Gasteiger partial charge in [0.15, 0.2) is 4.90 Å². The van der Waals surface area contributed by atoms with E-state index in [1.807, 2.05) is 0 Å². The van der Waals surface area contributed by atoms with Gasteiger partial charge in [0.05, 0.1) is 0 Å². The monoisotopic (exact) mass is 334 g/mol. The highest BCUT2D eigenvalue weighted by Gasteiger charge is 2.59. The Bertz CT molecular complexity index is 572. The molecule has 0 fully saturated rings. The lowest BCUT2D eigenvalue weighted by molar-refractivity contribution is 0.305. The van der Waals surface area contributed by atoms with Gasteiger partial charge in [0.2, 0.25) is 0 Å². The molecule has 0 aromatic heterocycles. The molecule has 1 aromatic rings. The summed E-state index contributed by atoms with van der Waals surface area (Å²) in [6.45, 7) is 3.40. The smallest absolute Gasteiger partial charge is 0.324 e. The maximum Gasteiger partial charge on any atom is 0.344 e. The third-order valence-electron chi connectivity index (χ3n) is 3.25. The minimum Gasteiger partial charge on any atom is -0.324 e. The van der Waals surface area contributed by atoms with Crippen LogP contribution in [-0.2, 0) is 15.6 Å². The number of benzene rings is 1. The summed E-state index contributed by atoms with van der Waals surface area (Å²) < 4.78 is 23.8. The van der Waals surface area contributed by atoms with E-state index in [4.69, 9.17) is 0 Å². The normalized spacial score (nSPS) is 13.0. The van der Waals surface area contributed by atoms with Crippen molar-refractivity contribution in [3.63, 3.8) is 0 Å². The van der Waals surface area contributed by atoms with Gasteiger partial charge in [0, 0.05) is 6.42 Å². The topological polar surface area (TPSA) is 115 Å². The van der Waals surface area contributed by atoms with E-state index in [1.54, 1.807) is 44.2 Å². The molecule has 0 saturated carbocycles. The molecule has 0 aliphatic carbocycles. The van der Waals surface area contributed by atoms with Gasteiger partial charge in [0.1, 0.15) is 0 Å². The average Bonchev–Trinajstić information content (AvgIpc) is 2.32. The van der Waals surface area contributed by atoms with Crippen LogP contribution in [0.15, 0.2) is 42.0 Å². The highest BCUT2D eigenvalue weighted by molar-refractivity contribution is 7.72. The van der Waals surface area contributed by atoms with Crippen LogP contribution in [0.1, 0.15) is 25.8 Å². The molecule has 0 atom stereocenters. The lowest BCUT2D eigenvalue weighted by atomic mass is 10.1. The van der Waals surface area contributed by atoms with E-state index < -0.39 is 32.9 Å². The largest absolute Gasteiger partial charge is 0.344 e. The molecule has 0 amide bonds. The molecule has 0 spiro atoms. The minimum absolute atomic E-state index is 0.390. The maximum absolute atomic E-state index is 11.9. The van der Waals surface area contributed by atoms with Crippen molar-refractivity contribution in [1.29, 1.82) is 0 Å². The molecule has 0 aliphatic heterocycles. The number of allylic oxidation sites excluding steroid dienone is 2. The zero-order valence-corrected chi connectivity index (χ0v) is 13.7. The van der Waals surface area contributed by atoms with Gasteiger partial charge in [-0.15, -0.1) is 0 Å². The van der Waals surface area contributed by atoms with Crippen LogP contribution in [0.25, 0.3) is 0 Å². The van der Waals surface area contributed by atoms with Crippen LogP contribution in [0.5, 0.6) is 0 Å². The molecule has 118 valence electrons. The van der Waals surface area contributed by atoms with Gasteiger partial charge in [-0.25, -0.2) is 0 Å². The van der Waals surface area contributed by atoms with E-state index in [-0.39, 0.29) is 0 Å². The van der Waals surface area contributed by atoms with Crippen molar-refractivity contribution in [3.8, 4) is 0 Å². The van der Waals surface area contributed by atoms with E-state index in [2.05, 4.69) is 0 Å². The summed E-state index contributed by atoms with van der Waals surface area (Å²) in [5.74, 6) is 0. The van der Waals surface area contributed by atoms with Crippen LogP contribution < -0.4 is 0 Å². The Labute approximate surface area is 123 Å². The SMILES string of the molecule is CC(C)=CCC(Cc1ccccc1)(P(=O)(O)O)P(=O)(O)O. The van der Waals surface area contributed by atoms with Crippen molar-refractivity contribution >= 4 is 15.2 Å². The third-order valence-corrected chi connectivity index (χ3v) is 7.67. The molecular weight excluding hydrogens is 314 g/mol. The molecular formula is C13H20O6P2. The van der Waals surface area contributed by atoms with E-state index in [0.29, 0.717) is 5.56 Å². The molecule has 21 heavy (non-hydrogen) atoms. The molecule has 0 saturated heterocycles. The summed E-state index contributed by atoms with van der Waals surface area (Å²) in [5.41, 5.74) is 1.20. The van der Waals surface area contributed by atoms with Gasteiger partial charge in [-0.2, -0.15) is 0 Å². The van der Waals surface area contributed by atoms with E-state index in [9.17, 15) is 28.7 Å². The Kier molecular flexibility index (Phi) is 5.73. The zero-order chi connectivity index (χ0) is 16.3. The summed E-state index contributed by atoms with van der Waals surface area (Å²) in [5, 5.41) is 0. The Morgan fingerprint density at radius 2 is 1.52 bits per heavy atom. The van der Waals surface area contributed by atoms with Gasteiger partial charge in [0.25, 0.3) is 0 Å². The Hall–Kier alpha value is -0.740. The molecule has 0 bridgehead atoms. The van der Waals surface area contributed by atoms with Crippen molar-refractivity contribution in [2.24, 2.45) is 0 Å². The second-order valence-electron chi connectivity index (χ2n) is 5.22. The first-order valence-corrected chi connectivity index (χ1v) is 9.51.